The van der Waals surface area contributed by atoms with Gasteiger partial charge in [0.05, 0.1) is 13.0 Å². The van der Waals surface area contributed by atoms with Crippen LogP contribution >= 0.6 is 0 Å². The quantitative estimate of drug-likeness (QED) is 0.766. The second-order valence-electron chi connectivity index (χ2n) is 3.96. The standard InChI is InChI=1S/C12H16N2O2/c13-11-5-3-4-10(8-11)9-12(15)14-6-1-2-7-16-14/h3-5,8H,1-2,6-7,9,13H2. The number of rotatable bonds is 2. The van der Waals surface area contributed by atoms with Crippen LogP contribution in [-0.4, -0.2) is 24.1 Å². The normalized spacial score (nSPS) is 16.1. The van der Waals surface area contributed by atoms with E-state index in [2.05, 4.69) is 0 Å². The Hall–Kier alpha value is -1.55. The molecule has 1 aliphatic heterocycles. The number of amides is 1. The van der Waals surface area contributed by atoms with Crippen LogP contribution in [0.2, 0.25) is 0 Å². The van der Waals surface area contributed by atoms with Gasteiger partial charge in [-0.1, -0.05) is 12.1 Å². The van der Waals surface area contributed by atoms with Crippen molar-refractivity contribution >= 4 is 11.6 Å². The number of anilines is 1. The lowest BCUT2D eigenvalue weighted by molar-refractivity contribution is -0.196. The van der Waals surface area contributed by atoms with E-state index in [0.717, 1.165) is 18.4 Å². The summed E-state index contributed by atoms with van der Waals surface area (Å²) in [5.41, 5.74) is 7.27. The highest BCUT2D eigenvalue weighted by Gasteiger charge is 2.17. The van der Waals surface area contributed by atoms with Crippen molar-refractivity contribution in [3.8, 4) is 0 Å². The van der Waals surface area contributed by atoms with Gasteiger partial charge in [0.15, 0.2) is 0 Å². The Balaban J connectivity index is 1.96. The number of hydroxylamine groups is 2. The van der Waals surface area contributed by atoms with Gasteiger partial charge in [-0.3, -0.25) is 9.63 Å². The smallest absolute Gasteiger partial charge is 0.250 e. The van der Waals surface area contributed by atoms with E-state index in [1.54, 1.807) is 0 Å². The van der Waals surface area contributed by atoms with Gasteiger partial charge in [0.1, 0.15) is 0 Å². The van der Waals surface area contributed by atoms with Crippen LogP contribution in [0.5, 0.6) is 0 Å². The molecule has 4 nitrogen and oxygen atoms in total. The molecular weight excluding hydrogens is 204 g/mol. The van der Waals surface area contributed by atoms with Crippen molar-refractivity contribution in [3.05, 3.63) is 29.8 Å². The molecule has 1 fully saturated rings. The molecule has 1 aliphatic rings. The maximum atomic E-state index is 11.8. The Morgan fingerprint density at radius 1 is 1.44 bits per heavy atom. The fraction of sp³-hybridized carbons (Fsp3) is 0.417. The molecule has 1 aromatic rings. The molecule has 1 aromatic carbocycles. The highest BCUT2D eigenvalue weighted by atomic mass is 16.7. The lowest BCUT2D eigenvalue weighted by atomic mass is 10.1. The molecule has 0 atom stereocenters. The second-order valence-corrected chi connectivity index (χ2v) is 3.96. The van der Waals surface area contributed by atoms with Gasteiger partial charge in [0.2, 0.25) is 0 Å². The SMILES string of the molecule is Nc1cccc(CC(=O)N2CCCCO2)c1. The third-order valence-corrected chi connectivity index (χ3v) is 2.59. The van der Waals surface area contributed by atoms with E-state index in [-0.39, 0.29) is 5.91 Å². The molecule has 1 saturated heterocycles. The van der Waals surface area contributed by atoms with Crippen LogP contribution in [0, 0.1) is 0 Å². The van der Waals surface area contributed by atoms with Crippen LogP contribution in [0.1, 0.15) is 18.4 Å². The molecule has 16 heavy (non-hydrogen) atoms. The Morgan fingerprint density at radius 2 is 2.31 bits per heavy atom. The van der Waals surface area contributed by atoms with Crippen LogP contribution in [0.3, 0.4) is 0 Å². The number of hydrogen-bond donors (Lipinski definition) is 1. The van der Waals surface area contributed by atoms with Crippen LogP contribution in [-0.2, 0) is 16.1 Å². The maximum Gasteiger partial charge on any atom is 0.250 e. The molecule has 0 aliphatic carbocycles. The van der Waals surface area contributed by atoms with E-state index in [9.17, 15) is 4.79 Å². The van der Waals surface area contributed by atoms with Crippen molar-refractivity contribution < 1.29 is 9.63 Å². The average molecular weight is 220 g/mol. The number of nitrogens with zero attached hydrogens (tertiary/aromatic N) is 1. The largest absolute Gasteiger partial charge is 0.399 e. The number of nitrogen functional groups attached to an aromatic ring is 1. The number of carbonyl (C=O) groups is 1. The number of nitrogens with two attached hydrogens (primary N) is 1. The molecule has 1 amide bonds. The molecule has 2 rings (SSSR count). The first-order valence-corrected chi connectivity index (χ1v) is 5.53. The van der Waals surface area contributed by atoms with Crippen molar-refractivity contribution in [2.45, 2.75) is 19.3 Å². The summed E-state index contributed by atoms with van der Waals surface area (Å²) in [5, 5.41) is 1.46. The van der Waals surface area contributed by atoms with Gasteiger partial charge in [0.25, 0.3) is 5.91 Å². The fourth-order valence-electron chi connectivity index (χ4n) is 1.76. The summed E-state index contributed by atoms with van der Waals surface area (Å²) >= 11 is 0. The first kappa shape index (κ1) is 11.0. The van der Waals surface area contributed by atoms with Gasteiger partial charge in [-0.25, -0.2) is 5.06 Å². The van der Waals surface area contributed by atoms with E-state index in [4.69, 9.17) is 10.6 Å². The summed E-state index contributed by atoms with van der Waals surface area (Å²) in [7, 11) is 0. The van der Waals surface area contributed by atoms with Gasteiger partial charge in [0, 0.05) is 12.2 Å². The zero-order valence-electron chi connectivity index (χ0n) is 9.19. The predicted octanol–water partition coefficient (Wildman–Crippen LogP) is 1.37. The monoisotopic (exact) mass is 220 g/mol. The van der Waals surface area contributed by atoms with Crippen molar-refractivity contribution in [2.24, 2.45) is 0 Å². The third-order valence-electron chi connectivity index (χ3n) is 2.59. The summed E-state index contributed by atoms with van der Waals surface area (Å²) in [4.78, 5) is 17.1. The molecule has 0 spiro atoms. The number of carbonyl (C=O) groups excluding carboxylic acids is 1. The van der Waals surface area contributed by atoms with E-state index < -0.39 is 0 Å². The summed E-state index contributed by atoms with van der Waals surface area (Å²) < 4.78 is 0. The highest BCUT2D eigenvalue weighted by molar-refractivity contribution is 5.78. The van der Waals surface area contributed by atoms with Crippen LogP contribution in [0.25, 0.3) is 0 Å². The van der Waals surface area contributed by atoms with Crippen molar-refractivity contribution in [2.75, 3.05) is 18.9 Å². The molecule has 0 saturated carbocycles. The van der Waals surface area contributed by atoms with Gasteiger partial charge in [-0.2, -0.15) is 0 Å². The van der Waals surface area contributed by atoms with Crippen molar-refractivity contribution in [3.63, 3.8) is 0 Å². The lowest BCUT2D eigenvalue weighted by Gasteiger charge is -2.25. The summed E-state index contributed by atoms with van der Waals surface area (Å²) in [6.45, 7) is 1.34. The zero-order chi connectivity index (χ0) is 11.4. The van der Waals surface area contributed by atoms with Crippen LogP contribution in [0.4, 0.5) is 5.69 Å². The molecule has 4 heteroatoms. The molecule has 0 bridgehead atoms. The van der Waals surface area contributed by atoms with E-state index >= 15 is 0 Å². The Bertz CT molecular complexity index is 373. The molecule has 86 valence electrons. The maximum absolute atomic E-state index is 11.8. The second kappa shape index (κ2) is 4.99. The summed E-state index contributed by atoms with van der Waals surface area (Å²) in [6, 6.07) is 7.39. The van der Waals surface area contributed by atoms with Crippen molar-refractivity contribution in [1.82, 2.24) is 5.06 Å². The average Bonchev–Trinajstić information content (AvgIpc) is 2.30. The van der Waals surface area contributed by atoms with Gasteiger partial charge >= 0.3 is 0 Å². The minimum absolute atomic E-state index is 0.00491. The predicted molar refractivity (Wildman–Crippen MR) is 61.5 cm³/mol. The molecule has 2 N–H and O–H groups in total. The highest BCUT2D eigenvalue weighted by Crippen LogP contribution is 2.11. The molecule has 0 unspecified atom stereocenters. The summed E-state index contributed by atoms with van der Waals surface area (Å²) in [6.07, 6.45) is 2.40. The first-order valence-electron chi connectivity index (χ1n) is 5.53. The number of benzene rings is 1. The summed E-state index contributed by atoms with van der Waals surface area (Å²) in [5.74, 6) is 0.00491. The van der Waals surface area contributed by atoms with Crippen LogP contribution in [0.15, 0.2) is 24.3 Å². The first-order chi connectivity index (χ1) is 7.75. The topological polar surface area (TPSA) is 55.6 Å². The number of hydrogen-bond acceptors (Lipinski definition) is 3. The minimum Gasteiger partial charge on any atom is -0.399 e. The Kier molecular flexibility index (Phi) is 3.41. The lowest BCUT2D eigenvalue weighted by Crippen LogP contribution is -2.36. The fourth-order valence-corrected chi connectivity index (χ4v) is 1.76. The van der Waals surface area contributed by atoms with Gasteiger partial charge in [-0.05, 0) is 30.5 Å². The molecule has 0 aromatic heterocycles. The zero-order valence-corrected chi connectivity index (χ0v) is 9.19. The van der Waals surface area contributed by atoms with Gasteiger partial charge < -0.3 is 5.73 Å². The Morgan fingerprint density at radius 3 is 3.00 bits per heavy atom. The Labute approximate surface area is 94.9 Å². The van der Waals surface area contributed by atoms with E-state index in [1.165, 1.54) is 5.06 Å². The van der Waals surface area contributed by atoms with E-state index in [1.807, 2.05) is 24.3 Å². The molecular formula is C12H16N2O2. The van der Waals surface area contributed by atoms with Crippen molar-refractivity contribution in [1.29, 1.82) is 0 Å². The molecule has 0 radical (unpaired) electrons. The van der Waals surface area contributed by atoms with Crippen LogP contribution < -0.4 is 5.73 Å². The van der Waals surface area contributed by atoms with Gasteiger partial charge in [-0.15, -0.1) is 0 Å². The minimum atomic E-state index is 0.00491. The van der Waals surface area contributed by atoms with E-state index in [0.29, 0.717) is 25.3 Å². The third kappa shape index (κ3) is 2.73. The molecule has 1 heterocycles.